The molecule has 0 spiro atoms. The third-order valence-corrected chi connectivity index (χ3v) is 3.16. The molecule has 1 amide bonds. The Hall–Kier alpha value is -1.58. The molecule has 1 N–H and O–H groups in total. The van der Waals surface area contributed by atoms with Gasteiger partial charge in [-0.05, 0) is 32.4 Å². The van der Waals surface area contributed by atoms with E-state index in [4.69, 9.17) is 0 Å². The van der Waals surface area contributed by atoms with Gasteiger partial charge in [-0.2, -0.15) is 0 Å². The van der Waals surface area contributed by atoms with Gasteiger partial charge in [-0.3, -0.25) is 4.79 Å². The maximum absolute atomic E-state index is 11.9. The van der Waals surface area contributed by atoms with Crippen LogP contribution in [0.4, 0.5) is 5.82 Å². The summed E-state index contributed by atoms with van der Waals surface area (Å²) in [5, 5.41) is 2.92. The molecule has 0 bridgehead atoms. The molecule has 0 saturated heterocycles. The first kappa shape index (κ1) is 15.5. The molecule has 1 heterocycles. The van der Waals surface area contributed by atoms with Gasteiger partial charge in [0.15, 0.2) is 0 Å². The van der Waals surface area contributed by atoms with Gasteiger partial charge in [0.2, 0.25) is 0 Å². The first-order chi connectivity index (χ1) is 9.22. The number of aromatic nitrogens is 1. The Bertz CT molecular complexity index is 371. The van der Waals surface area contributed by atoms with Crippen LogP contribution in [0.15, 0.2) is 18.3 Å². The van der Waals surface area contributed by atoms with E-state index >= 15 is 0 Å². The molecular weight excluding hydrogens is 238 g/mol. The Morgan fingerprint density at radius 2 is 1.95 bits per heavy atom. The SMILES string of the molecule is CCCCCNC(=O)c1ccc(N(CC)CC)nc1. The van der Waals surface area contributed by atoms with Crippen molar-refractivity contribution in [1.29, 1.82) is 0 Å². The number of rotatable bonds is 8. The minimum absolute atomic E-state index is 0.0327. The van der Waals surface area contributed by atoms with Crippen molar-refractivity contribution in [3.05, 3.63) is 23.9 Å². The van der Waals surface area contributed by atoms with E-state index in [0.717, 1.165) is 44.7 Å². The lowest BCUT2D eigenvalue weighted by Gasteiger charge is -2.19. The van der Waals surface area contributed by atoms with E-state index in [1.54, 1.807) is 6.20 Å². The molecule has 1 rings (SSSR count). The largest absolute Gasteiger partial charge is 0.357 e. The highest BCUT2D eigenvalue weighted by molar-refractivity contribution is 5.94. The van der Waals surface area contributed by atoms with Crippen LogP contribution < -0.4 is 10.2 Å². The average Bonchev–Trinajstić information content (AvgIpc) is 2.45. The normalized spacial score (nSPS) is 10.3. The van der Waals surface area contributed by atoms with E-state index in [9.17, 15) is 4.79 Å². The van der Waals surface area contributed by atoms with E-state index < -0.39 is 0 Å². The predicted octanol–water partition coefficient (Wildman–Crippen LogP) is 2.85. The Kier molecular flexibility index (Phi) is 6.93. The lowest BCUT2D eigenvalue weighted by molar-refractivity contribution is 0.0952. The van der Waals surface area contributed by atoms with E-state index in [-0.39, 0.29) is 5.91 Å². The highest BCUT2D eigenvalue weighted by atomic mass is 16.1. The maximum Gasteiger partial charge on any atom is 0.252 e. The van der Waals surface area contributed by atoms with E-state index in [1.165, 1.54) is 0 Å². The van der Waals surface area contributed by atoms with Crippen LogP contribution in [0.1, 0.15) is 50.4 Å². The minimum Gasteiger partial charge on any atom is -0.357 e. The number of pyridine rings is 1. The summed E-state index contributed by atoms with van der Waals surface area (Å²) in [5.74, 6) is 0.891. The van der Waals surface area contributed by atoms with Crippen LogP contribution in [-0.2, 0) is 0 Å². The van der Waals surface area contributed by atoms with Gasteiger partial charge in [-0.25, -0.2) is 4.98 Å². The molecule has 0 aliphatic carbocycles. The second-order valence-corrected chi connectivity index (χ2v) is 4.54. The van der Waals surface area contributed by atoms with Gasteiger partial charge in [0, 0.05) is 25.8 Å². The van der Waals surface area contributed by atoms with Crippen molar-refractivity contribution in [1.82, 2.24) is 10.3 Å². The Labute approximate surface area is 116 Å². The molecule has 106 valence electrons. The van der Waals surface area contributed by atoms with Gasteiger partial charge in [-0.15, -0.1) is 0 Å². The number of unbranched alkanes of at least 4 members (excludes halogenated alkanes) is 2. The molecule has 1 aromatic heterocycles. The van der Waals surface area contributed by atoms with Gasteiger partial charge in [0.05, 0.1) is 5.56 Å². The number of amides is 1. The average molecular weight is 263 g/mol. The van der Waals surface area contributed by atoms with E-state index in [0.29, 0.717) is 5.56 Å². The number of hydrogen-bond acceptors (Lipinski definition) is 3. The van der Waals surface area contributed by atoms with E-state index in [1.807, 2.05) is 12.1 Å². The third-order valence-electron chi connectivity index (χ3n) is 3.16. The van der Waals surface area contributed by atoms with Crippen molar-refractivity contribution in [3.63, 3.8) is 0 Å². The standard InChI is InChI=1S/C15H25N3O/c1-4-7-8-11-16-15(19)13-9-10-14(17-12-13)18(5-2)6-3/h9-10,12H,4-8,11H2,1-3H3,(H,16,19). The molecule has 0 radical (unpaired) electrons. The molecule has 0 fully saturated rings. The Morgan fingerprint density at radius 1 is 1.21 bits per heavy atom. The zero-order chi connectivity index (χ0) is 14.1. The topological polar surface area (TPSA) is 45.2 Å². The van der Waals surface area contributed by atoms with Crippen molar-refractivity contribution in [3.8, 4) is 0 Å². The van der Waals surface area contributed by atoms with E-state index in [2.05, 4.69) is 36.0 Å². The Balaban J connectivity index is 2.53. The van der Waals surface area contributed by atoms with Crippen molar-refractivity contribution >= 4 is 11.7 Å². The smallest absolute Gasteiger partial charge is 0.252 e. The Morgan fingerprint density at radius 3 is 2.47 bits per heavy atom. The number of nitrogens with zero attached hydrogens (tertiary/aromatic N) is 2. The predicted molar refractivity (Wildman–Crippen MR) is 79.7 cm³/mol. The van der Waals surface area contributed by atoms with Gasteiger partial charge >= 0.3 is 0 Å². The van der Waals surface area contributed by atoms with Crippen molar-refractivity contribution in [2.75, 3.05) is 24.5 Å². The van der Waals surface area contributed by atoms with Crippen molar-refractivity contribution < 1.29 is 4.79 Å². The maximum atomic E-state index is 11.9. The highest BCUT2D eigenvalue weighted by Crippen LogP contribution is 2.10. The summed E-state index contributed by atoms with van der Waals surface area (Å²) < 4.78 is 0. The summed E-state index contributed by atoms with van der Waals surface area (Å²) in [6.07, 6.45) is 5.01. The lowest BCUT2D eigenvalue weighted by atomic mass is 10.2. The minimum atomic E-state index is -0.0327. The molecular formula is C15H25N3O. The third kappa shape index (κ3) is 4.89. The molecule has 0 unspecified atom stereocenters. The highest BCUT2D eigenvalue weighted by Gasteiger charge is 2.07. The van der Waals surface area contributed by atoms with Crippen LogP contribution in [0.25, 0.3) is 0 Å². The monoisotopic (exact) mass is 263 g/mol. The van der Waals surface area contributed by atoms with Crippen LogP contribution in [0.5, 0.6) is 0 Å². The van der Waals surface area contributed by atoms with Gasteiger partial charge in [-0.1, -0.05) is 19.8 Å². The summed E-state index contributed by atoms with van der Waals surface area (Å²) in [6.45, 7) is 8.93. The molecule has 19 heavy (non-hydrogen) atoms. The molecule has 0 aliphatic rings. The van der Waals surface area contributed by atoms with Gasteiger partial charge in [0.25, 0.3) is 5.91 Å². The fourth-order valence-corrected chi connectivity index (χ4v) is 1.93. The van der Waals surface area contributed by atoms with Gasteiger partial charge in [0.1, 0.15) is 5.82 Å². The fourth-order valence-electron chi connectivity index (χ4n) is 1.93. The van der Waals surface area contributed by atoms with Crippen LogP contribution in [-0.4, -0.2) is 30.5 Å². The van der Waals surface area contributed by atoms with Crippen LogP contribution in [0.2, 0.25) is 0 Å². The lowest BCUT2D eigenvalue weighted by Crippen LogP contribution is -2.25. The molecule has 0 saturated carbocycles. The number of carbonyl (C=O) groups excluding carboxylic acids is 1. The summed E-state index contributed by atoms with van der Waals surface area (Å²) in [6, 6.07) is 3.75. The van der Waals surface area contributed by atoms with Crippen LogP contribution in [0.3, 0.4) is 0 Å². The quantitative estimate of drug-likeness (QED) is 0.734. The number of anilines is 1. The zero-order valence-electron chi connectivity index (χ0n) is 12.3. The van der Waals surface area contributed by atoms with Crippen molar-refractivity contribution in [2.45, 2.75) is 40.0 Å². The number of carbonyl (C=O) groups is 1. The van der Waals surface area contributed by atoms with Crippen LogP contribution in [0, 0.1) is 0 Å². The molecule has 4 heteroatoms. The number of nitrogens with one attached hydrogen (secondary N) is 1. The van der Waals surface area contributed by atoms with Crippen molar-refractivity contribution in [2.24, 2.45) is 0 Å². The molecule has 4 nitrogen and oxygen atoms in total. The molecule has 0 atom stereocenters. The second kappa shape index (κ2) is 8.51. The summed E-state index contributed by atoms with van der Waals surface area (Å²) in [7, 11) is 0. The summed E-state index contributed by atoms with van der Waals surface area (Å²) >= 11 is 0. The fraction of sp³-hybridized carbons (Fsp3) is 0.600. The second-order valence-electron chi connectivity index (χ2n) is 4.54. The summed E-state index contributed by atoms with van der Waals surface area (Å²) in [4.78, 5) is 18.4. The van der Waals surface area contributed by atoms with Gasteiger partial charge < -0.3 is 10.2 Å². The molecule has 1 aromatic rings. The number of hydrogen-bond donors (Lipinski definition) is 1. The molecule has 0 aromatic carbocycles. The zero-order valence-corrected chi connectivity index (χ0v) is 12.3. The molecule has 0 aliphatic heterocycles. The summed E-state index contributed by atoms with van der Waals surface area (Å²) in [5.41, 5.74) is 0.632. The van der Waals surface area contributed by atoms with Crippen LogP contribution >= 0.6 is 0 Å². The first-order valence-electron chi connectivity index (χ1n) is 7.22. The first-order valence-corrected chi connectivity index (χ1v) is 7.22.